The third-order valence-electron chi connectivity index (χ3n) is 4.71. The van der Waals surface area contributed by atoms with Gasteiger partial charge in [-0.3, -0.25) is 0 Å². The Morgan fingerprint density at radius 3 is 2.47 bits per heavy atom. The number of carbonyl (C=O) groups excluding carboxylic acids is 1. The minimum atomic E-state index is -0.287. The summed E-state index contributed by atoms with van der Waals surface area (Å²) in [4.78, 5) is 14.4. The van der Waals surface area contributed by atoms with Crippen molar-refractivity contribution in [1.82, 2.24) is 10.2 Å². The van der Waals surface area contributed by atoms with Crippen LogP contribution in [0.5, 0.6) is 0 Å². The fourth-order valence-corrected chi connectivity index (χ4v) is 3.21. The Morgan fingerprint density at radius 1 is 0.967 bits per heavy atom. The van der Waals surface area contributed by atoms with Crippen LogP contribution in [0.25, 0.3) is 0 Å². The number of aryl methyl sites for hydroxylation is 1. The number of carbonyl (C=O) groups is 1. The lowest BCUT2D eigenvalue weighted by Gasteiger charge is -2.28. The van der Waals surface area contributed by atoms with Gasteiger partial charge in [0.1, 0.15) is 0 Å². The number of morpholine rings is 1. The van der Waals surface area contributed by atoms with Gasteiger partial charge in [0, 0.05) is 36.2 Å². The highest BCUT2D eigenvalue weighted by Crippen LogP contribution is 2.21. The molecule has 0 atom stereocenters. The van der Waals surface area contributed by atoms with Gasteiger partial charge in [-0.2, -0.15) is 5.10 Å². The zero-order valence-corrected chi connectivity index (χ0v) is 16.8. The van der Waals surface area contributed by atoms with E-state index >= 15 is 0 Å². The van der Waals surface area contributed by atoms with Crippen molar-refractivity contribution in [3.8, 4) is 0 Å². The molecule has 1 aliphatic rings. The van der Waals surface area contributed by atoms with Crippen molar-refractivity contribution >= 4 is 34.6 Å². The molecule has 30 heavy (non-hydrogen) atoms. The van der Waals surface area contributed by atoms with E-state index in [-0.39, 0.29) is 6.03 Å². The number of hydrogen-bond acceptors (Lipinski definition) is 6. The van der Waals surface area contributed by atoms with Gasteiger partial charge in [-0.05, 0) is 48.9 Å². The molecule has 2 heterocycles. The molecule has 3 aromatic rings. The van der Waals surface area contributed by atoms with Crippen molar-refractivity contribution in [1.29, 1.82) is 0 Å². The maximum Gasteiger partial charge on any atom is 0.323 e. The number of hydrogen-bond donors (Lipinski definition) is 3. The van der Waals surface area contributed by atoms with Gasteiger partial charge >= 0.3 is 6.03 Å². The number of nitrogens with one attached hydrogen (secondary N) is 3. The number of anilines is 5. The molecule has 0 spiro atoms. The van der Waals surface area contributed by atoms with Crippen molar-refractivity contribution in [3.63, 3.8) is 0 Å². The molecule has 1 saturated heterocycles. The number of ether oxygens (including phenoxy) is 1. The van der Waals surface area contributed by atoms with Crippen molar-refractivity contribution in [2.24, 2.45) is 0 Å². The first-order chi connectivity index (χ1) is 14.7. The molecular weight excluding hydrogens is 380 g/mol. The third kappa shape index (κ3) is 5.24. The van der Waals surface area contributed by atoms with Crippen molar-refractivity contribution in [2.45, 2.75) is 6.92 Å². The van der Waals surface area contributed by atoms with Gasteiger partial charge in [0.05, 0.1) is 25.1 Å². The van der Waals surface area contributed by atoms with Crippen LogP contribution in [0, 0.1) is 6.92 Å². The van der Waals surface area contributed by atoms with Crippen LogP contribution in [0.4, 0.5) is 33.4 Å². The lowest BCUT2D eigenvalue weighted by atomic mass is 10.2. The van der Waals surface area contributed by atoms with Gasteiger partial charge < -0.3 is 25.6 Å². The van der Waals surface area contributed by atoms with Gasteiger partial charge in [-0.25, -0.2) is 4.79 Å². The van der Waals surface area contributed by atoms with Crippen LogP contribution in [-0.4, -0.2) is 42.5 Å². The summed E-state index contributed by atoms with van der Waals surface area (Å²) in [5, 5.41) is 17.2. The zero-order chi connectivity index (χ0) is 20.8. The van der Waals surface area contributed by atoms with Gasteiger partial charge in [0.15, 0.2) is 5.82 Å². The summed E-state index contributed by atoms with van der Waals surface area (Å²) < 4.78 is 5.40. The maximum atomic E-state index is 12.2. The third-order valence-corrected chi connectivity index (χ3v) is 4.71. The summed E-state index contributed by atoms with van der Waals surface area (Å²) in [5.41, 5.74) is 4.40. The van der Waals surface area contributed by atoms with Gasteiger partial charge in [-0.15, -0.1) is 5.10 Å². The Morgan fingerprint density at radius 2 is 1.70 bits per heavy atom. The van der Waals surface area contributed by atoms with E-state index in [1.807, 2.05) is 61.5 Å². The van der Waals surface area contributed by atoms with Gasteiger partial charge in [-0.1, -0.05) is 12.1 Å². The molecule has 0 saturated carbocycles. The van der Waals surface area contributed by atoms with Crippen LogP contribution in [0.15, 0.2) is 60.8 Å². The lowest BCUT2D eigenvalue weighted by Crippen LogP contribution is -2.36. The molecule has 3 N–H and O–H groups in total. The molecule has 0 aliphatic carbocycles. The molecule has 1 fully saturated rings. The second kappa shape index (κ2) is 9.23. The first-order valence-corrected chi connectivity index (χ1v) is 9.83. The van der Waals surface area contributed by atoms with Crippen LogP contribution < -0.4 is 20.9 Å². The normalized spacial score (nSPS) is 13.6. The number of amides is 2. The fraction of sp³-hybridized carbons (Fsp3) is 0.227. The van der Waals surface area contributed by atoms with E-state index in [4.69, 9.17) is 4.74 Å². The SMILES string of the molecule is Cc1cccc(NC(=O)Nc2ccc(Nc3cc(N4CCOCC4)cnn3)cc2)c1. The number of nitrogens with zero attached hydrogens (tertiary/aromatic N) is 3. The summed E-state index contributed by atoms with van der Waals surface area (Å²) >= 11 is 0. The second-order valence-corrected chi connectivity index (χ2v) is 7.05. The minimum absolute atomic E-state index is 0.287. The van der Waals surface area contributed by atoms with Crippen molar-refractivity contribution in [2.75, 3.05) is 47.2 Å². The van der Waals surface area contributed by atoms with E-state index in [9.17, 15) is 4.79 Å². The van der Waals surface area contributed by atoms with Crippen LogP contribution in [-0.2, 0) is 4.74 Å². The monoisotopic (exact) mass is 404 g/mol. The highest BCUT2D eigenvalue weighted by Gasteiger charge is 2.12. The highest BCUT2D eigenvalue weighted by molar-refractivity contribution is 5.99. The predicted molar refractivity (Wildman–Crippen MR) is 119 cm³/mol. The Kier molecular flexibility index (Phi) is 6.05. The Balaban J connectivity index is 1.35. The average molecular weight is 404 g/mol. The van der Waals surface area contributed by atoms with E-state index in [0.29, 0.717) is 11.5 Å². The van der Waals surface area contributed by atoms with Crippen molar-refractivity contribution in [3.05, 3.63) is 66.4 Å². The quantitative estimate of drug-likeness (QED) is 0.595. The molecule has 0 bridgehead atoms. The molecule has 8 nitrogen and oxygen atoms in total. The minimum Gasteiger partial charge on any atom is -0.378 e. The number of urea groups is 1. The number of rotatable bonds is 5. The highest BCUT2D eigenvalue weighted by atomic mass is 16.5. The van der Waals surface area contributed by atoms with E-state index in [2.05, 4.69) is 31.0 Å². The predicted octanol–water partition coefficient (Wildman–Crippen LogP) is 4.01. The summed E-state index contributed by atoms with van der Waals surface area (Å²) in [7, 11) is 0. The van der Waals surface area contributed by atoms with Gasteiger partial charge in [0.2, 0.25) is 0 Å². The second-order valence-electron chi connectivity index (χ2n) is 7.05. The van der Waals surface area contributed by atoms with E-state index < -0.39 is 0 Å². The molecule has 2 aromatic carbocycles. The molecule has 0 unspecified atom stereocenters. The molecule has 1 aliphatic heterocycles. The van der Waals surface area contributed by atoms with Crippen LogP contribution in [0.2, 0.25) is 0 Å². The Labute approximate surface area is 175 Å². The molecule has 1 aromatic heterocycles. The Bertz CT molecular complexity index is 1000. The standard InChI is InChI=1S/C22H24N6O2/c1-16-3-2-4-19(13-16)26-22(29)25-18-7-5-17(6-8-18)24-21-14-20(15-23-27-21)28-9-11-30-12-10-28/h2-8,13-15H,9-12H2,1H3,(H,24,27)(H2,25,26,29). The molecular formula is C22H24N6O2. The van der Waals surface area contributed by atoms with Crippen LogP contribution in [0.1, 0.15) is 5.56 Å². The van der Waals surface area contributed by atoms with Crippen LogP contribution in [0.3, 0.4) is 0 Å². The molecule has 8 heteroatoms. The van der Waals surface area contributed by atoms with E-state index in [0.717, 1.165) is 48.9 Å². The van der Waals surface area contributed by atoms with Gasteiger partial charge in [0.25, 0.3) is 0 Å². The summed E-state index contributed by atoms with van der Waals surface area (Å²) in [5.74, 6) is 0.664. The molecule has 4 rings (SSSR count). The summed E-state index contributed by atoms with van der Waals surface area (Å²) in [6, 6.07) is 16.8. The largest absolute Gasteiger partial charge is 0.378 e. The smallest absolute Gasteiger partial charge is 0.323 e. The maximum absolute atomic E-state index is 12.2. The molecule has 2 amide bonds. The first-order valence-electron chi connectivity index (χ1n) is 9.83. The van der Waals surface area contributed by atoms with Crippen molar-refractivity contribution < 1.29 is 9.53 Å². The van der Waals surface area contributed by atoms with E-state index in [1.54, 1.807) is 6.20 Å². The summed E-state index contributed by atoms with van der Waals surface area (Å²) in [6.45, 7) is 5.11. The first kappa shape index (κ1) is 19.7. The number of aromatic nitrogens is 2. The lowest BCUT2D eigenvalue weighted by molar-refractivity contribution is 0.122. The summed E-state index contributed by atoms with van der Waals surface area (Å²) in [6.07, 6.45) is 1.76. The fourth-order valence-electron chi connectivity index (χ4n) is 3.21. The topological polar surface area (TPSA) is 91.4 Å². The average Bonchev–Trinajstić information content (AvgIpc) is 2.76. The van der Waals surface area contributed by atoms with E-state index in [1.165, 1.54) is 0 Å². The van der Waals surface area contributed by atoms with Crippen LogP contribution >= 0.6 is 0 Å². The molecule has 154 valence electrons. The Hall–Kier alpha value is -3.65. The molecule has 0 radical (unpaired) electrons. The number of benzene rings is 2. The zero-order valence-electron chi connectivity index (χ0n) is 16.8.